The van der Waals surface area contributed by atoms with Gasteiger partial charge in [-0.15, -0.1) is 0 Å². The number of rotatable bonds is 7. The van der Waals surface area contributed by atoms with Crippen LogP contribution >= 0.6 is 0 Å². The minimum absolute atomic E-state index is 0.0902. The molecule has 0 fully saturated rings. The molecule has 1 heterocycles. The van der Waals surface area contributed by atoms with Crippen molar-refractivity contribution in [3.05, 3.63) is 72.6 Å². The molecular weight excluding hydrogens is 322 g/mol. The van der Waals surface area contributed by atoms with Crippen molar-refractivity contribution in [2.45, 2.75) is 12.8 Å². The van der Waals surface area contributed by atoms with Gasteiger partial charge in [-0.3, -0.25) is 4.72 Å². The van der Waals surface area contributed by atoms with Crippen molar-refractivity contribution in [2.75, 3.05) is 10.5 Å². The lowest BCUT2D eigenvalue weighted by atomic mass is 10.1. The fourth-order valence-electron chi connectivity index (χ4n) is 2.49. The van der Waals surface area contributed by atoms with Crippen LogP contribution in [0.5, 0.6) is 0 Å². The van der Waals surface area contributed by atoms with E-state index >= 15 is 0 Å². The number of aromatic nitrogens is 2. The number of hydrogen-bond donors (Lipinski definition) is 2. The molecule has 0 bridgehead atoms. The van der Waals surface area contributed by atoms with Gasteiger partial charge in [0, 0.05) is 23.6 Å². The normalized spacial score (nSPS) is 11.3. The van der Waals surface area contributed by atoms with Crippen LogP contribution in [0.1, 0.15) is 12.0 Å². The van der Waals surface area contributed by atoms with Gasteiger partial charge in [0.15, 0.2) is 0 Å². The lowest BCUT2D eigenvalue weighted by Gasteiger charge is -2.09. The fraction of sp³-hybridized carbons (Fsp3) is 0.167. The Morgan fingerprint density at radius 1 is 1.04 bits per heavy atom. The van der Waals surface area contributed by atoms with Crippen LogP contribution in [-0.2, 0) is 16.4 Å². The predicted molar refractivity (Wildman–Crippen MR) is 96.2 cm³/mol. The number of hydrogen-bond acceptors (Lipinski definition) is 3. The van der Waals surface area contributed by atoms with Gasteiger partial charge in [-0.25, -0.2) is 13.4 Å². The van der Waals surface area contributed by atoms with E-state index in [1.165, 1.54) is 0 Å². The summed E-state index contributed by atoms with van der Waals surface area (Å²) < 4.78 is 27.1. The second-order valence-corrected chi connectivity index (χ2v) is 7.37. The predicted octanol–water partition coefficient (Wildman–Crippen LogP) is 3.45. The Morgan fingerprint density at radius 3 is 2.62 bits per heavy atom. The van der Waals surface area contributed by atoms with Crippen molar-refractivity contribution in [3.63, 3.8) is 0 Å². The van der Waals surface area contributed by atoms with Crippen molar-refractivity contribution in [3.8, 4) is 11.4 Å². The summed E-state index contributed by atoms with van der Waals surface area (Å²) in [5.74, 6) is 0.799. The Hall–Kier alpha value is -2.60. The Kier molecular flexibility index (Phi) is 4.96. The van der Waals surface area contributed by atoms with E-state index in [-0.39, 0.29) is 5.75 Å². The smallest absolute Gasteiger partial charge is 0.232 e. The summed E-state index contributed by atoms with van der Waals surface area (Å²) in [7, 11) is -3.37. The number of anilines is 1. The first kappa shape index (κ1) is 16.3. The minimum atomic E-state index is -3.37. The summed E-state index contributed by atoms with van der Waals surface area (Å²) in [4.78, 5) is 7.18. The highest BCUT2D eigenvalue weighted by Crippen LogP contribution is 2.20. The van der Waals surface area contributed by atoms with E-state index in [9.17, 15) is 8.42 Å². The minimum Gasteiger partial charge on any atom is -0.345 e. The largest absolute Gasteiger partial charge is 0.345 e. The first-order valence-corrected chi connectivity index (χ1v) is 9.42. The number of aryl methyl sites for hydroxylation is 1. The first-order chi connectivity index (χ1) is 11.6. The summed E-state index contributed by atoms with van der Waals surface area (Å²) in [5, 5.41) is 0. The number of nitrogens with one attached hydrogen (secondary N) is 2. The van der Waals surface area contributed by atoms with Gasteiger partial charge in [-0.2, -0.15) is 0 Å². The van der Waals surface area contributed by atoms with Gasteiger partial charge < -0.3 is 4.98 Å². The van der Waals surface area contributed by atoms with Crippen molar-refractivity contribution < 1.29 is 8.42 Å². The number of imidazole rings is 1. The standard InChI is InChI=1S/C18H19N3O2S/c22-24(23,13-5-8-15-6-2-1-3-7-15)21-17-10-4-9-16(14-17)18-19-11-12-20-18/h1-4,6-7,9-12,14,21H,5,8,13H2,(H,19,20). The quantitative estimate of drug-likeness (QED) is 0.691. The fourth-order valence-corrected chi connectivity index (χ4v) is 3.61. The zero-order valence-electron chi connectivity index (χ0n) is 13.1. The molecule has 0 spiro atoms. The maximum atomic E-state index is 12.3. The molecule has 3 rings (SSSR count). The summed E-state index contributed by atoms with van der Waals surface area (Å²) in [6, 6.07) is 17.1. The van der Waals surface area contributed by atoms with Gasteiger partial charge in [-0.05, 0) is 30.5 Å². The Morgan fingerprint density at radius 2 is 1.88 bits per heavy atom. The molecule has 0 saturated carbocycles. The molecule has 2 aromatic carbocycles. The van der Waals surface area contributed by atoms with Crippen molar-refractivity contribution in [1.82, 2.24) is 9.97 Å². The van der Waals surface area contributed by atoms with Crippen LogP contribution in [0.4, 0.5) is 5.69 Å². The van der Waals surface area contributed by atoms with Crippen LogP contribution in [0, 0.1) is 0 Å². The second-order valence-electron chi connectivity index (χ2n) is 5.53. The Labute approximate surface area is 141 Å². The molecule has 0 saturated heterocycles. The molecule has 24 heavy (non-hydrogen) atoms. The van der Waals surface area contributed by atoms with Crippen LogP contribution < -0.4 is 4.72 Å². The zero-order chi connectivity index (χ0) is 16.8. The second kappa shape index (κ2) is 7.31. The van der Waals surface area contributed by atoms with E-state index in [4.69, 9.17) is 0 Å². The van der Waals surface area contributed by atoms with E-state index in [0.717, 1.165) is 17.5 Å². The molecule has 0 amide bonds. The highest BCUT2D eigenvalue weighted by Gasteiger charge is 2.11. The van der Waals surface area contributed by atoms with Gasteiger partial charge in [-0.1, -0.05) is 42.5 Å². The average molecular weight is 341 g/mol. The summed E-state index contributed by atoms with van der Waals surface area (Å²) in [5.41, 5.74) is 2.53. The van der Waals surface area contributed by atoms with Crippen LogP contribution in [0.2, 0.25) is 0 Å². The lowest BCUT2D eigenvalue weighted by Crippen LogP contribution is -2.17. The van der Waals surface area contributed by atoms with Gasteiger partial charge in [0.25, 0.3) is 0 Å². The van der Waals surface area contributed by atoms with Crippen LogP contribution in [-0.4, -0.2) is 24.1 Å². The molecule has 1 aromatic heterocycles. The third-order valence-electron chi connectivity index (χ3n) is 3.63. The molecule has 0 aliphatic rings. The van der Waals surface area contributed by atoms with E-state index in [2.05, 4.69) is 14.7 Å². The molecule has 0 aliphatic carbocycles. The Bertz CT molecular complexity index is 876. The highest BCUT2D eigenvalue weighted by atomic mass is 32.2. The van der Waals surface area contributed by atoms with Crippen LogP contribution in [0.3, 0.4) is 0 Å². The molecule has 0 radical (unpaired) electrons. The van der Waals surface area contributed by atoms with Crippen molar-refractivity contribution in [1.29, 1.82) is 0 Å². The molecule has 3 aromatic rings. The molecular formula is C18H19N3O2S. The van der Waals surface area contributed by atoms with Gasteiger partial charge >= 0.3 is 0 Å². The topological polar surface area (TPSA) is 74.8 Å². The average Bonchev–Trinajstić information content (AvgIpc) is 3.10. The maximum Gasteiger partial charge on any atom is 0.232 e. The number of nitrogens with zero attached hydrogens (tertiary/aromatic N) is 1. The van der Waals surface area contributed by atoms with E-state index in [0.29, 0.717) is 17.9 Å². The SMILES string of the molecule is O=S(=O)(CCCc1ccccc1)Nc1cccc(-c2ncc[nH]2)c1. The van der Waals surface area contributed by atoms with Gasteiger partial charge in [0.1, 0.15) is 5.82 Å². The van der Waals surface area contributed by atoms with Crippen LogP contribution in [0.15, 0.2) is 67.0 Å². The zero-order valence-corrected chi connectivity index (χ0v) is 14.0. The molecule has 6 heteroatoms. The summed E-state index contributed by atoms with van der Waals surface area (Å²) in [6.07, 6.45) is 4.72. The molecule has 0 unspecified atom stereocenters. The molecule has 5 nitrogen and oxygen atoms in total. The summed E-state index contributed by atoms with van der Waals surface area (Å²) >= 11 is 0. The van der Waals surface area contributed by atoms with Crippen molar-refractivity contribution >= 4 is 15.7 Å². The number of H-pyrrole nitrogens is 1. The monoisotopic (exact) mass is 341 g/mol. The number of aromatic amines is 1. The molecule has 2 N–H and O–H groups in total. The lowest BCUT2D eigenvalue weighted by molar-refractivity contribution is 0.598. The number of sulfonamides is 1. The van der Waals surface area contributed by atoms with E-state index in [1.54, 1.807) is 30.6 Å². The van der Waals surface area contributed by atoms with E-state index in [1.807, 2.05) is 36.4 Å². The Balaban J connectivity index is 1.61. The third kappa shape index (κ3) is 4.45. The highest BCUT2D eigenvalue weighted by molar-refractivity contribution is 7.92. The molecule has 0 atom stereocenters. The van der Waals surface area contributed by atoms with Gasteiger partial charge in [0.05, 0.1) is 5.75 Å². The first-order valence-electron chi connectivity index (χ1n) is 7.77. The van der Waals surface area contributed by atoms with Gasteiger partial charge in [0.2, 0.25) is 10.0 Å². The van der Waals surface area contributed by atoms with Crippen LogP contribution in [0.25, 0.3) is 11.4 Å². The summed E-state index contributed by atoms with van der Waals surface area (Å²) in [6.45, 7) is 0. The van der Waals surface area contributed by atoms with Crippen molar-refractivity contribution in [2.24, 2.45) is 0 Å². The molecule has 0 aliphatic heterocycles. The molecule has 124 valence electrons. The maximum absolute atomic E-state index is 12.3. The third-order valence-corrected chi connectivity index (χ3v) is 5.00. The number of benzene rings is 2. The van der Waals surface area contributed by atoms with E-state index < -0.39 is 10.0 Å².